The zero-order chi connectivity index (χ0) is 16.1. The van der Waals surface area contributed by atoms with Gasteiger partial charge in [0.15, 0.2) is 0 Å². The van der Waals surface area contributed by atoms with Crippen LogP contribution in [0.25, 0.3) is 0 Å². The lowest BCUT2D eigenvalue weighted by molar-refractivity contribution is 0.220. The van der Waals surface area contributed by atoms with E-state index in [9.17, 15) is 5.11 Å². The van der Waals surface area contributed by atoms with Crippen molar-refractivity contribution in [2.75, 3.05) is 0 Å². The zero-order valence-corrected chi connectivity index (χ0v) is 14.2. The molecule has 118 valence electrons. The van der Waals surface area contributed by atoms with Gasteiger partial charge in [0.05, 0.1) is 0 Å². The van der Waals surface area contributed by atoms with Crippen molar-refractivity contribution >= 4 is 0 Å². The predicted octanol–water partition coefficient (Wildman–Crippen LogP) is 5.17. The van der Waals surface area contributed by atoms with E-state index >= 15 is 0 Å². The van der Waals surface area contributed by atoms with E-state index in [4.69, 9.17) is 0 Å². The van der Waals surface area contributed by atoms with Crippen molar-refractivity contribution in [3.63, 3.8) is 0 Å². The maximum absolute atomic E-state index is 10.5. The molecule has 0 bridgehead atoms. The van der Waals surface area contributed by atoms with Crippen LogP contribution in [-0.4, -0.2) is 5.11 Å². The molecule has 0 heterocycles. The second-order valence-electron chi connectivity index (χ2n) is 7.08. The minimum Gasteiger partial charge on any atom is -0.384 e. The van der Waals surface area contributed by atoms with Gasteiger partial charge in [-0.1, -0.05) is 76.2 Å². The van der Waals surface area contributed by atoms with Crippen molar-refractivity contribution in [3.05, 3.63) is 70.8 Å². The molecule has 0 atom stereocenters. The molecule has 0 aliphatic rings. The molecule has 0 radical (unpaired) electrons. The summed E-state index contributed by atoms with van der Waals surface area (Å²) in [4.78, 5) is 0. The third kappa shape index (κ3) is 4.71. The minimum absolute atomic E-state index is 0.541. The van der Waals surface area contributed by atoms with Crippen LogP contribution < -0.4 is 0 Å². The summed E-state index contributed by atoms with van der Waals surface area (Å²) in [6.07, 6.45) is 1.63. The highest BCUT2D eigenvalue weighted by Crippen LogP contribution is 2.23. The van der Waals surface area contributed by atoms with E-state index in [0.29, 0.717) is 11.8 Å². The largest absolute Gasteiger partial charge is 0.384 e. The van der Waals surface area contributed by atoms with Gasteiger partial charge in [-0.25, -0.2) is 0 Å². The first-order valence-electron chi connectivity index (χ1n) is 8.31. The van der Waals surface area contributed by atoms with Crippen LogP contribution in [0, 0.1) is 11.8 Å². The molecule has 0 saturated carbocycles. The standard InChI is InChI=1S/C21H28O/c1-15(2)13-17-5-9-19(10-6-17)21(22)20-11-7-18(8-12-20)14-16(3)4/h5-12,15-16,21-22H,13-14H2,1-4H3. The molecule has 1 heteroatoms. The fraction of sp³-hybridized carbons (Fsp3) is 0.429. The number of aliphatic hydroxyl groups is 1. The summed E-state index contributed by atoms with van der Waals surface area (Å²) in [5.41, 5.74) is 4.59. The van der Waals surface area contributed by atoms with Crippen LogP contribution in [0.15, 0.2) is 48.5 Å². The van der Waals surface area contributed by atoms with Crippen molar-refractivity contribution in [2.24, 2.45) is 11.8 Å². The van der Waals surface area contributed by atoms with Gasteiger partial charge >= 0.3 is 0 Å². The van der Waals surface area contributed by atoms with Gasteiger partial charge in [-0.2, -0.15) is 0 Å². The summed E-state index contributed by atoms with van der Waals surface area (Å²) < 4.78 is 0. The van der Waals surface area contributed by atoms with Gasteiger partial charge in [0.1, 0.15) is 6.10 Å². The molecule has 2 rings (SSSR count). The molecule has 1 N–H and O–H groups in total. The Balaban J connectivity index is 2.08. The summed E-state index contributed by atoms with van der Waals surface area (Å²) >= 11 is 0. The number of aliphatic hydroxyl groups excluding tert-OH is 1. The number of hydrogen-bond donors (Lipinski definition) is 1. The number of rotatable bonds is 6. The van der Waals surface area contributed by atoms with Gasteiger partial charge < -0.3 is 5.11 Å². The van der Waals surface area contributed by atoms with Crippen LogP contribution in [-0.2, 0) is 12.8 Å². The lowest BCUT2D eigenvalue weighted by Crippen LogP contribution is -2.01. The Kier molecular flexibility index (Phi) is 5.79. The summed E-state index contributed by atoms with van der Waals surface area (Å²) in [7, 11) is 0. The van der Waals surface area contributed by atoms with E-state index in [0.717, 1.165) is 24.0 Å². The second kappa shape index (κ2) is 7.60. The first-order valence-corrected chi connectivity index (χ1v) is 8.31. The van der Waals surface area contributed by atoms with E-state index in [1.807, 2.05) is 24.3 Å². The molecule has 0 fully saturated rings. The van der Waals surface area contributed by atoms with Crippen LogP contribution in [0.5, 0.6) is 0 Å². The Morgan fingerprint density at radius 1 is 0.636 bits per heavy atom. The maximum Gasteiger partial charge on any atom is 0.104 e. The molecule has 0 aromatic heterocycles. The average molecular weight is 296 g/mol. The Hall–Kier alpha value is -1.60. The monoisotopic (exact) mass is 296 g/mol. The van der Waals surface area contributed by atoms with E-state index in [1.165, 1.54) is 11.1 Å². The summed E-state index contributed by atoms with van der Waals surface area (Å²) in [5.74, 6) is 1.31. The van der Waals surface area contributed by atoms with Gasteiger partial charge in [0.25, 0.3) is 0 Å². The van der Waals surface area contributed by atoms with E-state index in [1.54, 1.807) is 0 Å². The fourth-order valence-corrected chi connectivity index (χ4v) is 2.81. The van der Waals surface area contributed by atoms with Gasteiger partial charge in [0, 0.05) is 0 Å². The highest BCUT2D eigenvalue weighted by Gasteiger charge is 2.10. The summed E-state index contributed by atoms with van der Waals surface area (Å²) in [6, 6.07) is 16.7. The van der Waals surface area contributed by atoms with Crippen molar-refractivity contribution in [1.29, 1.82) is 0 Å². The molecule has 0 spiro atoms. The predicted molar refractivity (Wildman–Crippen MR) is 94.0 cm³/mol. The lowest BCUT2D eigenvalue weighted by atomic mass is 9.96. The smallest absolute Gasteiger partial charge is 0.104 e. The van der Waals surface area contributed by atoms with Crippen molar-refractivity contribution in [1.82, 2.24) is 0 Å². The second-order valence-corrected chi connectivity index (χ2v) is 7.08. The van der Waals surface area contributed by atoms with Gasteiger partial charge in [-0.15, -0.1) is 0 Å². The Bertz CT molecular complexity index is 510. The molecule has 2 aromatic carbocycles. The zero-order valence-electron chi connectivity index (χ0n) is 14.2. The van der Waals surface area contributed by atoms with Crippen LogP contribution >= 0.6 is 0 Å². The SMILES string of the molecule is CC(C)Cc1ccc(C(O)c2ccc(CC(C)C)cc2)cc1. The Morgan fingerprint density at radius 2 is 0.955 bits per heavy atom. The topological polar surface area (TPSA) is 20.2 Å². The van der Waals surface area contributed by atoms with Crippen molar-refractivity contribution < 1.29 is 5.11 Å². The van der Waals surface area contributed by atoms with Crippen molar-refractivity contribution in [2.45, 2.75) is 46.6 Å². The third-order valence-electron chi connectivity index (χ3n) is 3.88. The Labute approximate surface area is 135 Å². The first-order chi connectivity index (χ1) is 10.5. The van der Waals surface area contributed by atoms with Crippen LogP contribution in [0.1, 0.15) is 56.1 Å². The molecule has 2 aromatic rings. The highest BCUT2D eigenvalue weighted by molar-refractivity contribution is 5.33. The summed E-state index contributed by atoms with van der Waals surface area (Å²) in [6.45, 7) is 8.89. The third-order valence-corrected chi connectivity index (χ3v) is 3.88. The minimum atomic E-state index is -0.541. The lowest BCUT2D eigenvalue weighted by Gasteiger charge is -2.14. The molecular formula is C21H28O. The van der Waals surface area contributed by atoms with Crippen LogP contribution in [0.2, 0.25) is 0 Å². The van der Waals surface area contributed by atoms with E-state index in [2.05, 4.69) is 52.0 Å². The summed E-state index contributed by atoms with van der Waals surface area (Å²) in [5, 5.41) is 10.5. The molecule has 0 aliphatic carbocycles. The van der Waals surface area contributed by atoms with Gasteiger partial charge in [0.2, 0.25) is 0 Å². The number of benzene rings is 2. The average Bonchev–Trinajstić information content (AvgIpc) is 2.47. The Morgan fingerprint density at radius 3 is 1.23 bits per heavy atom. The molecule has 0 amide bonds. The molecule has 1 nitrogen and oxygen atoms in total. The quantitative estimate of drug-likeness (QED) is 0.780. The van der Waals surface area contributed by atoms with Gasteiger partial charge in [-0.05, 0) is 46.9 Å². The highest BCUT2D eigenvalue weighted by atomic mass is 16.3. The van der Waals surface area contributed by atoms with Gasteiger partial charge in [-0.3, -0.25) is 0 Å². The first kappa shape index (κ1) is 16.8. The van der Waals surface area contributed by atoms with E-state index < -0.39 is 6.10 Å². The molecule has 22 heavy (non-hydrogen) atoms. The molecule has 0 saturated heterocycles. The molecular weight excluding hydrogens is 268 g/mol. The molecule has 0 aliphatic heterocycles. The number of hydrogen-bond acceptors (Lipinski definition) is 1. The van der Waals surface area contributed by atoms with Crippen LogP contribution in [0.4, 0.5) is 0 Å². The maximum atomic E-state index is 10.5. The normalized spacial score (nSPS) is 11.6. The van der Waals surface area contributed by atoms with E-state index in [-0.39, 0.29) is 0 Å². The van der Waals surface area contributed by atoms with Crippen LogP contribution in [0.3, 0.4) is 0 Å². The van der Waals surface area contributed by atoms with Crippen molar-refractivity contribution in [3.8, 4) is 0 Å². The molecule has 0 unspecified atom stereocenters. The fourth-order valence-electron chi connectivity index (χ4n) is 2.81.